The molecule has 0 fully saturated rings. The van der Waals surface area contributed by atoms with Crippen molar-refractivity contribution in [1.29, 1.82) is 0 Å². The van der Waals surface area contributed by atoms with Crippen LogP contribution in [0.5, 0.6) is 0 Å². The maximum absolute atomic E-state index is 13.2. The van der Waals surface area contributed by atoms with Gasteiger partial charge in [-0.2, -0.15) is 0 Å². The predicted octanol–water partition coefficient (Wildman–Crippen LogP) is 4.81. The van der Waals surface area contributed by atoms with E-state index in [4.69, 9.17) is 20.6 Å². The van der Waals surface area contributed by atoms with Gasteiger partial charge in [0.25, 0.3) is 0 Å². The molecule has 0 unspecified atom stereocenters. The molecule has 21 heavy (non-hydrogen) atoms. The average molecular weight is 335 g/mol. The van der Waals surface area contributed by atoms with Crippen molar-refractivity contribution >= 4 is 19.2 Å². The fourth-order valence-electron chi connectivity index (χ4n) is 2.07. The molecule has 1 N–H and O–H groups in total. The number of halogens is 1. The minimum absolute atomic E-state index is 0.0970. The number of aliphatic hydroxyl groups is 1. The van der Waals surface area contributed by atoms with Gasteiger partial charge in [-0.1, -0.05) is 23.7 Å². The quantitative estimate of drug-likeness (QED) is 0.693. The van der Waals surface area contributed by atoms with Gasteiger partial charge in [-0.3, -0.25) is 4.57 Å². The summed E-state index contributed by atoms with van der Waals surface area (Å²) in [5, 5.41) is 9.93. The third kappa shape index (κ3) is 5.72. The third-order valence-electron chi connectivity index (χ3n) is 2.75. The summed E-state index contributed by atoms with van der Waals surface area (Å²) in [5.74, 6) is 0. The average Bonchev–Trinajstić information content (AvgIpc) is 2.35. The highest BCUT2D eigenvalue weighted by atomic mass is 35.5. The van der Waals surface area contributed by atoms with Gasteiger partial charge in [0.15, 0.2) is 0 Å². The molecule has 0 radical (unpaired) electrons. The Morgan fingerprint density at radius 2 is 1.57 bits per heavy atom. The summed E-state index contributed by atoms with van der Waals surface area (Å²) >= 11 is 5.90. The molecule has 0 bridgehead atoms. The summed E-state index contributed by atoms with van der Waals surface area (Å²) in [5.41, 5.74) is 0.280. The summed E-state index contributed by atoms with van der Waals surface area (Å²) in [6.07, 6.45) is -0.163. The largest absolute Gasteiger partial charge is 0.396 e. The van der Waals surface area contributed by atoms with E-state index >= 15 is 0 Å². The topological polar surface area (TPSA) is 55.8 Å². The zero-order valence-corrected chi connectivity index (χ0v) is 14.6. The lowest BCUT2D eigenvalue weighted by molar-refractivity contribution is 0.133. The molecule has 0 heterocycles. The third-order valence-corrected chi connectivity index (χ3v) is 5.76. The Morgan fingerprint density at radius 3 is 1.95 bits per heavy atom. The molecule has 1 aromatic rings. The normalized spacial score (nSPS) is 13.9. The zero-order chi connectivity index (χ0) is 16.0. The molecule has 0 spiro atoms. The Balaban J connectivity index is 3.18. The molecule has 0 saturated carbocycles. The molecule has 0 aliphatic carbocycles. The monoisotopic (exact) mass is 334 g/mol. The molecule has 0 amide bonds. The van der Waals surface area contributed by atoms with Crippen molar-refractivity contribution in [2.75, 3.05) is 6.61 Å². The van der Waals surface area contributed by atoms with E-state index in [-0.39, 0.29) is 18.8 Å². The van der Waals surface area contributed by atoms with Gasteiger partial charge in [0.05, 0.1) is 17.9 Å². The van der Waals surface area contributed by atoms with Crippen LogP contribution in [0.4, 0.5) is 0 Å². The van der Waals surface area contributed by atoms with Crippen molar-refractivity contribution in [2.45, 2.75) is 52.0 Å². The summed E-state index contributed by atoms with van der Waals surface area (Å²) < 4.78 is 24.5. The van der Waals surface area contributed by atoms with E-state index in [1.165, 1.54) is 0 Å². The SMILES string of the molecule is CC(C)OP(=O)(OC(C)C)[C@@H](CCO)c1ccc(Cl)cc1. The van der Waals surface area contributed by atoms with E-state index in [2.05, 4.69) is 0 Å². The van der Waals surface area contributed by atoms with E-state index in [9.17, 15) is 9.67 Å². The highest BCUT2D eigenvalue weighted by Crippen LogP contribution is 2.63. The fourth-order valence-corrected chi connectivity index (χ4v) is 4.69. The smallest absolute Gasteiger partial charge is 0.338 e. The van der Waals surface area contributed by atoms with E-state index in [1.54, 1.807) is 24.3 Å². The molecule has 4 nitrogen and oxygen atoms in total. The standard InChI is InChI=1S/C15H24ClO4P/c1-11(2)19-21(18,20-12(3)4)15(9-10-17)13-5-7-14(16)8-6-13/h5-8,11-12,15,17H,9-10H2,1-4H3/t15-/m0/s1. The van der Waals surface area contributed by atoms with Crippen LogP contribution < -0.4 is 0 Å². The Kier molecular flexibility index (Phi) is 7.38. The maximum atomic E-state index is 13.2. The van der Waals surface area contributed by atoms with Crippen LogP contribution in [0.3, 0.4) is 0 Å². The summed E-state index contributed by atoms with van der Waals surface area (Å²) in [4.78, 5) is 0. The molecule has 0 saturated heterocycles. The highest BCUT2D eigenvalue weighted by Gasteiger charge is 2.38. The number of hydrogen-bond acceptors (Lipinski definition) is 4. The van der Waals surface area contributed by atoms with Crippen LogP contribution in [0.15, 0.2) is 24.3 Å². The summed E-state index contributed by atoms with van der Waals surface area (Å²) in [7, 11) is -3.40. The lowest BCUT2D eigenvalue weighted by atomic mass is 10.1. The van der Waals surface area contributed by atoms with Crippen LogP contribution in [-0.2, 0) is 13.6 Å². The Labute approximate surface area is 132 Å². The first-order valence-electron chi connectivity index (χ1n) is 7.11. The van der Waals surface area contributed by atoms with Crippen LogP contribution in [0.2, 0.25) is 5.02 Å². The van der Waals surface area contributed by atoms with Crippen LogP contribution in [0.25, 0.3) is 0 Å². The number of aliphatic hydroxyl groups excluding tert-OH is 1. The zero-order valence-electron chi connectivity index (χ0n) is 13.0. The minimum Gasteiger partial charge on any atom is -0.396 e. The first-order valence-corrected chi connectivity index (χ1v) is 9.10. The fraction of sp³-hybridized carbons (Fsp3) is 0.600. The second-order valence-electron chi connectivity index (χ2n) is 5.43. The minimum atomic E-state index is -3.40. The maximum Gasteiger partial charge on any atom is 0.338 e. The molecule has 0 aromatic heterocycles. The molecule has 0 aliphatic heterocycles. The van der Waals surface area contributed by atoms with E-state index in [1.807, 2.05) is 27.7 Å². The van der Waals surface area contributed by atoms with Crippen molar-refractivity contribution in [3.05, 3.63) is 34.9 Å². The molecule has 120 valence electrons. The van der Waals surface area contributed by atoms with Crippen LogP contribution in [-0.4, -0.2) is 23.9 Å². The molecule has 0 aliphatic rings. The Hall–Kier alpha value is -0.380. The summed E-state index contributed by atoms with van der Waals surface area (Å²) in [6, 6.07) is 7.05. The van der Waals surface area contributed by atoms with Gasteiger partial charge in [-0.05, 0) is 51.8 Å². The molecular weight excluding hydrogens is 311 g/mol. The number of benzene rings is 1. The van der Waals surface area contributed by atoms with Crippen molar-refractivity contribution in [3.8, 4) is 0 Å². The Bertz CT molecular complexity index is 459. The van der Waals surface area contributed by atoms with Gasteiger partial charge in [-0.15, -0.1) is 0 Å². The van der Waals surface area contributed by atoms with Crippen molar-refractivity contribution in [1.82, 2.24) is 0 Å². The van der Waals surface area contributed by atoms with Crippen molar-refractivity contribution < 1.29 is 18.7 Å². The van der Waals surface area contributed by atoms with Gasteiger partial charge in [0, 0.05) is 11.6 Å². The Morgan fingerprint density at radius 1 is 1.10 bits per heavy atom. The first-order chi connectivity index (χ1) is 9.78. The molecule has 1 rings (SSSR count). The van der Waals surface area contributed by atoms with Gasteiger partial charge < -0.3 is 14.2 Å². The number of rotatable bonds is 8. The first kappa shape index (κ1) is 18.7. The van der Waals surface area contributed by atoms with Crippen molar-refractivity contribution in [2.24, 2.45) is 0 Å². The van der Waals surface area contributed by atoms with Crippen LogP contribution in [0.1, 0.15) is 45.3 Å². The number of hydrogen-bond donors (Lipinski definition) is 1. The van der Waals surface area contributed by atoms with Gasteiger partial charge >= 0.3 is 7.60 Å². The van der Waals surface area contributed by atoms with Crippen LogP contribution in [0, 0.1) is 0 Å². The van der Waals surface area contributed by atoms with E-state index in [0.717, 1.165) is 5.56 Å². The van der Waals surface area contributed by atoms with Gasteiger partial charge in [0.2, 0.25) is 0 Å². The van der Waals surface area contributed by atoms with Gasteiger partial charge in [0.1, 0.15) is 0 Å². The lowest BCUT2D eigenvalue weighted by Crippen LogP contribution is -2.14. The molecule has 1 aromatic carbocycles. The van der Waals surface area contributed by atoms with E-state index < -0.39 is 13.3 Å². The predicted molar refractivity (Wildman–Crippen MR) is 85.9 cm³/mol. The summed E-state index contributed by atoms with van der Waals surface area (Å²) in [6.45, 7) is 7.16. The molecule has 1 atom stereocenters. The van der Waals surface area contributed by atoms with E-state index in [0.29, 0.717) is 11.4 Å². The van der Waals surface area contributed by atoms with Crippen LogP contribution >= 0.6 is 19.2 Å². The highest BCUT2D eigenvalue weighted by molar-refractivity contribution is 7.54. The molecule has 6 heteroatoms. The second-order valence-corrected chi connectivity index (χ2v) is 7.99. The van der Waals surface area contributed by atoms with Crippen molar-refractivity contribution in [3.63, 3.8) is 0 Å². The second kappa shape index (κ2) is 8.30. The molecular formula is C15H24ClO4P. The lowest BCUT2D eigenvalue weighted by Gasteiger charge is -2.30. The van der Waals surface area contributed by atoms with Gasteiger partial charge in [-0.25, -0.2) is 0 Å².